The number of methoxy groups -OCH3 is 1. The lowest BCUT2D eigenvalue weighted by Gasteiger charge is -2.58. The molecule has 1 saturated heterocycles. The Morgan fingerprint density at radius 3 is 1.88 bits per heavy atom. The molecule has 14 heteroatoms. The first-order valence-electron chi connectivity index (χ1n) is 14.0. The Morgan fingerprint density at radius 1 is 0.884 bits per heavy atom. The summed E-state index contributed by atoms with van der Waals surface area (Å²) in [5.41, 5.74) is -4.34. The van der Waals surface area contributed by atoms with E-state index in [1.54, 1.807) is 13.8 Å². The number of hydrogen-bond donors (Lipinski definition) is 2. The third-order valence-electron chi connectivity index (χ3n) is 9.01. The van der Waals surface area contributed by atoms with Crippen molar-refractivity contribution in [2.45, 2.75) is 104 Å². The Balaban J connectivity index is 2.52. The van der Waals surface area contributed by atoms with Crippen molar-refractivity contribution >= 4 is 35.8 Å². The second-order valence-corrected chi connectivity index (χ2v) is 11.7. The third-order valence-corrected chi connectivity index (χ3v) is 9.01. The minimum Gasteiger partial charge on any atom is -0.466 e. The molecule has 1 heterocycles. The first kappa shape index (κ1) is 34.0. The van der Waals surface area contributed by atoms with Crippen LogP contribution in [0.2, 0.25) is 0 Å². The molecule has 0 aromatic carbocycles. The lowest BCUT2D eigenvalue weighted by Crippen LogP contribution is -2.69. The van der Waals surface area contributed by atoms with E-state index in [-0.39, 0.29) is 12.0 Å². The number of carbonyl (C=O) groups is 6. The van der Waals surface area contributed by atoms with Gasteiger partial charge in [-0.1, -0.05) is 13.8 Å². The molecule has 2 N–H and O–H groups in total. The van der Waals surface area contributed by atoms with Crippen molar-refractivity contribution in [1.29, 1.82) is 0 Å². The zero-order valence-electron chi connectivity index (χ0n) is 25.5. The molecule has 0 aromatic heterocycles. The fourth-order valence-electron chi connectivity index (χ4n) is 6.92. The van der Waals surface area contributed by atoms with Crippen molar-refractivity contribution in [2.75, 3.05) is 7.11 Å². The lowest BCUT2D eigenvalue weighted by molar-refractivity contribution is -0.252. The van der Waals surface area contributed by atoms with E-state index >= 15 is 0 Å². The molecule has 0 aromatic rings. The predicted octanol–water partition coefficient (Wildman–Crippen LogP) is 0.532. The van der Waals surface area contributed by atoms with Gasteiger partial charge in [0.05, 0.1) is 24.7 Å². The summed E-state index contributed by atoms with van der Waals surface area (Å²) in [7, 11) is 1.06. The van der Waals surface area contributed by atoms with Crippen LogP contribution in [0.25, 0.3) is 0 Å². The molecule has 43 heavy (non-hydrogen) atoms. The molecule has 3 rings (SSSR count). The third kappa shape index (κ3) is 6.26. The summed E-state index contributed by atoms with van der Waals surface area (Å²) in [5, 5.41) is 23.7. The van der Waals surface area contributed by atoms with E-state index in [9.17, 15) is 39.0 Å². The predicted molar refractivity (Wildman–Crippen MR) is 142 cm³/mol. The molecule has 3 aliphatic rings. The van der Waals surface area contributed by atoms with Gasteiger partial charge in [0.1, 0.15) is 24.4 Å². The number of carbonyl (C=O) groups excluding carboxylic acids is 6. The summed E-state index contributed by atoms with van der Waals surface area (Å²) in [6, 6.07) is 0. The van der Waals surface area contributed by atoms with Crippen molar-refractivity contribution in [3.63, 3.8) is 0 Å². The number of hydrogen-bond acceptors (Lipinski definition) is 14. The molecule has 0 unspecified atom stereocenters. The Morgan fingerprint density at radius 2 is 1.40 bits per heavy atom. The first-order valence-corrected chi connectivity index (χ1v) is 14.0. The van der Waals surface area contributed by atoms with Crippen LogP contribution in [-0.4, -0.2) is 95.4 Å². The van der Waals surface area contributed by atoms with Crippen molar-refractivity contribution in [2.24, 2.45) is 23.2 Å². The molecule has 0 bridgehead atoms. The largest absolute Gasteiger partial charge is 0.466 e. The number of esters is 6. The summed E-state index contributed by atoms with van der Waals surface area (Å²) < 4.78 is 33.3. The monoisotopic (exact) mass is 612 g/mol. The van der Waals surface area contributed by atoms with Crippen LogP contribution < -0.4 is 0 Å². The summed E-state index contributed by atoms with van der Waals surface area (Å²) in [6.07, 6.45) is -7.99. The molecule has 0 spiro atoms. The van der Waals surface area contributed by atoms with E-state index in [4.69, 9.17) is 28.4 Å². The molecule has 14 nitrogen and oxygen atoms in total. The van der Waals surface area contributed by atoms with Gasteiger partial charge in [-0.3, -0.25) is 24.0 Å². The van der Waals surface area contributed by atoms with Crippen LogP contribution in [-0.2, 0) is 57.2 Å². The average Bonchev–Trinajstić information content (AvgIpc) is 3.11. The summed E-state index contributed by atoms with van der Waals surface area (Å²) in [6.45, 7) is 8.95. The molecule has 2 aliphatic carbocycles. The molecule has 0 radical (unpaired) electrons. The quantitative estimate of drug-likeness (QED) is 0.322. The number of aliphatic hydroxyl groups excluding tert-OH is 1. The highest BCUT2D eigenvalue weighted by molar-refractivity contribution is 5.90. The highest BCUT2D eigenvalue weighted by atomic mass is 16.6. The fraction of sp³-hybridized carbons (Fsp3) is 0.724. The average molecular weight is 613 g/mol. The van der Waals surface area contributed by atoms with E-state index in [1.165, 1.54) is 6.92 Å². The van der Waals surface area contributed by atoms with Crippen LogP contribution in [0.5, 0.6) is 0 Å². The Bertz CT molecular complexity index is 1190. The molecular weight excluding hydrogens is 572 g/mol. The van der Waals surface area contributed by atoms with E-state index < -0.39 is 108 Å². The van der Waals surface area contributed by atoms with Gasteiger partial charge in [0.25, 0.3) is 0 Å². The Hall–Kier alpha value is -3.52. The highest BCUT2D eigenvalue weighted by Crippen LogP contribution is 2.56. The van der Waals surface area contributed by atoms with E-state index in [2.05, 4.69) is 0 Å². The van der Waals surface area contributed by atoms with E-state index in [0.29, 0.717) is 0 Å². The van der Waals surface area contributed by atoms with Crippen molar-refractivity contribution in [1.82, 2.24) is 0 Å². The number of ether oxygens (including phenoxy) is 6. The maximum absolute atomic E-state index is 13.1. The molecular formula is C29H40O14. The standard InChI is InChI=1S/C29H40O14/c1-12-19(34)10-21(40-15(4)31)28(7)22(41-16(5)32)11-20(39-14(3)30)18(27(36)38-8)9-23-29(37,13(2)26(35)43-23)25(24(12)28)42-17(6)33/h9,12-13,19-25,34,37H,10-11H2,1-8H3/b18-9+/t12-,13-,19-,20+,21-,22-,23-,24+,25+,28+,29+/m0/s1. The SMILES string of the molecule is COC(=O)/C1=C/[C@@H]2OC(=O)[C@H](C)[C@]2(O)[C@H](OC(C)=O)[C@H]2[C@@H](C)[C@@H](O)C[C@H](OC(C)=O)[C@]2(C)[C@@H](OC(C)=O)C[C@H]1OC(C)=O. The van der Waals surface area contributed by atoms with Crippen molar-refractivity contribution < 1.29 is 67.4 Å². The molecule has 2 fully saturated rings. The van der Waals surface area contributed by atoms with Crippen molar-refractivity contribution in [3.05, 3.63) is 11.6 Å². The van der Waals surface area contributed by atoms with Gasteiger partial charge in [0.2, 0.25) is 0 Å². The van der Waals surface area contributed by atoms with Crippen LogP contribution in [0, 0.1) is 23.2 Å². The van der Waals surface area contributed by atoms with E-state index in [0.717, 1.165) is 40.9 Å². The Kier molecular flexibility index (Phi) is 9.96. The summed E-state index contributed by atoms with van der Waals surface area (Å²) >= 11 is 0. The first-order chi connectivity index (χ1) is 19.9. The van der Waals surface area contributed by atoms with Gasteiger partial charge in [-0.15, -0.1) is 0 Å². The van der Waals surface area contributed by atoms with Gasteiger partial charge in [-0.2, -0.15) is 0 Å². The minimum atomic E-state index is -2.39. The second-order valence-electron chi connectivity index (χ2n) is 11.7. The molecule has 1 aliphatic heterocycles. The van der Waals surface area contributed by atoms with Gasteiger partial charge in [0.15, 0.2) is 11.7 Å². The van der Waals surface area contributed by atoms with Crippen LogP contribution in [0.1, 0.15) is 61.3 Å². The summed E-state index contributed by atoms with van der Waals surface area (Å²) in [4.78, 5) is 76.0. The zero-order chi connectivity index (χ0) is 32.6. The van der Waals surface area contributed by atoms with Gasteiger partial charge in [-0.05, 0) is 18.9 Å². The second kappa shape index (κ2) is 12.6. The number of aliphatic hydroxyl groups is 2. The minimum absolute atomic E-state index is 0.150. The van der Waals surface area contributed by atoms with Crippen LogP contribution in [0.3, 0.4) is 0 Å². The van der Waals surface area contributed by atoms with E-state index in [1.807, 2.05) is 0 Å². The normalized spacial score (nSPS) is 40.3. The lowest BCUT2D eigenvalue weighted by atomic mass is 9.52. The van der Waals surface area contributed by atoms with Crippen LogP contribution in [0.4, 0.5) is 0 Å². The molecule has 0 amide bonds. The maximum atomic E-state index is 13.1. The molecule has 240 valence electrons. The van der Waals surface area contributed by atoms with Gasteiger partial charge in [0, 0.05) is 51.9 Å². The molecule has 1 saturated carbocycles. The topological polar surface area (TPSA) is 198 Å². The number of fused-ring (bicyclic) bond motifs is 2. The number of rotatable bonds is 5. The van der Waals surface area contributed by atoms with Gasteiger partial charge < -0.3 is 38.6 Å². The maximum Gasteiger partial charge on any atom is 0.337 e. The van der Waals surface area contributed by atoms with Crippen LogP contribution in [0.15, 0.2) is 11.6 Å². The Labute approximate surface area is 248 Å². The van der Waals surface area contributed by atoms with Gasteiger partial charge in [-0.25, -0.2) is 4.79 Å². The van der Waals surface area contributed by atoms with Crippen LogP contribution >= 0.6 is 0 Å². The molecule has 11 atom stereocenters. The highest BCUT2D eigenvalue weighted by Gasteiger charge is 2.69. The zero-order valence-corrected chi connectivity index (χ0v) is 25.5. The summed E-state index contributed by atoms with van der Waals surface area (Å²) in [5.74, 6) is -8.50. The smallest absolute Gasteiger partial charge is 0.337 e. The van der Waals surface area contributed by atoms with Crippen molar-refractivity contribution in [3.8, 4) is 0 Å². The fourth-order valence-corrected chi connectivity index (χ4v) is 6.92. The van der Waals surface area contributed by atoms with Gasteiger partial charge >= 0.3 is 35.8 Å².